The van der Waals surface area contributed by atoms with Crippen LogP contribution in [0.5, 0.6) is 11.5 Å². The molecule has 1 aliphatic carbocycles. The van der Waals surface area contributed by atoms with Gasteiger partial charge in [-0.05, 0) is 30.2 Å². The molecule has 6 N–H and O–H groups in total. The number of phenolic OH excluding ortho intramolecular Hbond substituents is 1. The number of aliphatic hydroxyl groups is 3. The second-order valence-corrected chi connectivity index (χ2v) is 9.22. The van der Waals surface area contributed by atoms with Crippen LogP contribution < -0.4 is 4.74 Å². The predicted molar refractivity (Wildman–Crippen MR) is 130 cm³/mol. The van der Waals surface area contributed by atoms with E-state index in [9.17, 15) is 45.0 Å². The van der Waals surface area contributed by atoms with E-state index >= 15 is 0 Å². The van der Waals surface area contributed by atoms with Crippen molar-refractivity contribution < 1.29 is 68.7 Å². The van der Waals surface area contributed by atoms with E-state index in [0.29, 0.717) is 5.56 Å². The molecule has 0 saturated carbocycles. The Morgan fingerprint density at radius 3 is 2.45 bits per heavy atom. The van der Waals surface area contributed by atoms with Gasteiger partial charge in [-0.1, -0.05) is 12.1 Å². The Morgan fingerprint density at radius 2 is 1.80 bits per heavy atom. The lowest BCUT2D eigenvalue weighted by Crippen LogP contribution is -2.61. The summed E-state index contributed by atoms with van der Waals surface area (Å²) in [6.07, 6.45) is -4.83. The summed E-state index contributed by atoms with van der Waals surface area (Å²) in [6.45, 7) is -0.763. The SMILES string of the molecule is COc1cc(/C=C/C(=O)O[C@H]2[C@H](O)[C@@H](O)[C@H](O[C@H]3OC=C(C(=O)O)[C@H]4CC=C(C(=O)O)[C@@H]34)O[C@@H]2CO)ccc1O. The van der Waals surface area contributed by atoms with E-state index in [-0.39, 0.29) is 29.1 Å². The van der Waals surface area contributed by atoms with Crippen molar-refractivity contribution >= 4 is 24.0 Å². The molecule has 216 valence electrons. The van der Waals surface area contributed by atoms with Crippen LogP contribution in [0.4, 0.5) is 0 Å². The van der Waals surface area contributed by atoms with Gasteiger partial charge >= 0.3 is 17.9 Å². The summed E-state index contributed by atoms with van der Waals surface area (Å²) in [4.78, 5) is 35.8. The lowest BCUT2D eigenvalue weighted by molar-refractivity contribution is -0.340. The number of allylic oxidation sites excluding steroid dienone is 1. The van der Waals surface area contributed by atoms with Crippen LogP contribution in [0.2, 0.25) is 0 Å². The van der Waals surface area contributed by atoms with Crippen molar-refractivity contribution in [2.24, 2.45) is 11.8 Å². The number of fused-ring (bicyclic) bond motifs is 1. The van der Waals surface area contributed by atoms with Gasteiger partial charge in [-0.2, -0.15) is 0 Å². The molecular formula is C26H28O14. The molecule has 1 aromatic rings. The van der Waals surface area contributed by atoms with Crippen molar-refractivity contribution in [1.82, 2.24) is 0 Å². The molecule has 0 unspecified atom stereocenters. The number of hydrogen-bond acceptors (Lipinski definition) is 12. The summed E-state index contributed by atoms with van der Waals surface area (Å²) in [5, 5.41) is 59.9. The number of carboxylic acids is 2. The molecule has 0 radical (unpaired) electrons. The molecule has 0 spiro atoms. The zero-order valence-corrected chi connectivity index (χ0v) is 21.0. The van der Waals surface area contributed by atoms with E-state index in [1.807, 2.05) is 0 Å². The summed E-state index contributed by atoms with van der Waals surface area (Å²) in [5.74, 6) is -5.31. The van der Waals surface area contributed by atoms with E-state index in [4.69, 9.17) is 23.7 Å². The molecule has 1 fully saturated rings. The van der Waals surface area contributed by atoms with Gasteiger partial charge in [0.25, 0.3) is 0 Å². The lowest BCUT2D eigenvalue weighted by Gasteiger charge is -2.43. The van der Waals surface area contributed by atoms with Gasteiger partial charge in [0.1, 0.15) is 18.3 Å². The highest BCUT2D eigenvalue weighted by atomic mass is 16.8. The van der Waals surface area contributed by atoms with Gasteiger partial charge in [-0.3, -0.25) is 0 Å². The van der Waals surface area contributed by atoms with Crippen molar-refractivity contribution in [1.29, 1.82) is 0 Å². The molecule has 4 rings (SSSR count). The molecule has 8 atom stereocenters. The van der Waals surface area contributed by atoms with Crippen molar-refractivity contribution in [3.8, 4) is 11.5 Å². The zero-order chi connectivity index (χ0) is 29.1. The van der Waals surface area contributed by atoms with Gasteiger partial charge in [-0.25, -0.2) is 14.4 Å². The fourth-order valence-corrected chi connectivity index (χ4v) is 4.86. The number of aliphatic carboxylic acids is 2. The Bertz CT molecular complexity index is 1230. The smallest absolute Gasteiger partial charge is 0.335 e. The Kier molecular flexibility index (Phi) is 8.76. The lowest BCUT2D eigenvalue weighted by atomic mass is 9.83. The number of benzene rings is 1. The van der Waals surface area contributed by atoms with E-state index in [0.717, 1.165) is 12.3 Å². The van der Waals surface area contributed by atoms with Gasteiger partial charge < -0.3 is 54.3 Å². The van der Waals surface area contributed by atoms with Crippen LogP contribution in [0.3, 0.4) is 0 Å². The maximum Gasteiger partial charge on any atom is 0.335 e. The highest BCUT2D eigenvalue weighted by Crippen LogP contribution is 2.44. The minimum absolute atomic E-state index is 0.100. The maximum atomic E-state index is 12.4. The van der Waals surface area contributed by atoms with Crippen LogP contribution >= 0.6 is 0 Å². The minimum atomic E-state index is -1.84. The molecule has 40 heavy (non-hydrogen) atoms. The first-order chi connectivity index (χ1) is 19.0. The number of hydrogen-bond donors (Lipinski definition) is 6. The monoisotopic (exact) mass is 564 g/mol. The predicted octanol–water partition coefficient (Wildman–Crippen LogP) is -0.247. The van der Waals surface area contributed by atoms with Crippen LogP contribution in [-0.4, -0.2) is 99.3 Å². The highest BCUT2D eigenvalue weighted by Gasteiger charge is 2.52. The third-order valence-electron chi connectivity index (χ3n) is 6.86. The van der Waals surface area contributed by atoms with Crippen LogP contribution in [0.1, 0.15) is 12.0 Å². The van der Waals surface area contributed by atoms with Crippen LogP contribution in [0, 0.1) is 11.8 Å². The van der Waals surface area contributed by atoms with E-state index in [2.05, 4.69) is 0 Å². The van der Waals surface area contributed by atoms with Crippen molar-refractivity contribution in [2.45, 2.75) is 43.4 Å². The first-order valence-electron chi connectivity index (χ1n) is 12.1. The normalized spacial score (nSPS) is 31.5. The van der Waals surface area contributed by atoms with Crippen LogP contribution in [0.25, 0.3) is 6.08 Å². The number of carbonyl (C=O) groups is 3. The largest absolute Gasteiger partial charge is 0.504 e. The first kappa shape index (κ1) is 29.0. The summed E-state index contributed by atoms with van der Waals surface area (Å²) in [5.41, 5.74) is 0.185. The van der Waals surface area contributed by atoms with E-state index < -0.39 is 73.3 Å². The molecule has 2 heterocycles. The number of aromatic hydroxyl groups is 1. The number of aliphatic hydroxyl groups excluding tert-OH is 3. The third-order valence-corrected chi connectivity index (χ3v) is 6.86. The third kappa shape index (κ3) is 5.80. The fourth-order valence-electron chi connectivity index (χ4n) is 4.86. The fraction of sp³-hybridized carbons (Fsp3) is 0.423. The summed E-state index contributed by atoms with van der Waals surface area (Å²) in [6, 6.07) is 4.32. The Morgan fingerprint density at radius 1 is 1.07 bits per heavy atom. The molecule has 14 nitrogen and oxygen atoms in total. The Balaban J connectivity index is 1.45. The molecule has 1 aromatic carbocycles. The van der Waals surface area contributed by atoms with Gasteiger partial charge in [0.05, 0.1) is 31.5 Å². The molecule has 0 bridgehead atoms. The topological polar surface area (TPSA) is 219 Å². The maximum absolute atomic E-state index is 12.4. The number of methoxy groups -OCH3 is 1. The molecule has 3 aliphatic rings. The van der Waals surface area contributed by atoms with Crippen molar-refractivity contribution in [2.75, 3.05) is 13.7 Å². The summed E-state index contributed by atoms with van der Waals surface area (Å²) in [7, 11) is 1.36. The summed E-state index contributed by atoms with van der Waals surface area (Å²) >= 11 is 0. The highest BCUT2D eigenvalue weighted by molar-refractivity contribution is 5.91. The Labute approximate surface area is 226 Å². The number of ether oxygens (including phenoxy) is 5. The number of phenols is 1. The van der Waals surface area contributed by atoms with Gasteiger partial charge in [-0.15, -0.1) is 0 Å². The van der Waals surface area contributed by atoms with Gasteiger partial charge in [0.2, 0.25) is 6.29 Å². The molecule has 2 aliphatic heterocycles. The number of rotatable bonds is 9. The molecule has 0 amide bonds. The molecule has 14 heteroatoms. The van der Waals surface area contributed by atoms with Crippen LogP contribution in [-0.2, 0) is 33.3 Å². The van der Waals surface area contributed by atoms with E-state index in [1.165, 1.54) is 37.5 Å². The van der Waals surface area contributed by atoms with Gasteiger partial charge in [0.15, 0.2) is 23.9 Å². The average molecular weight is 564 g/mol. The Hall–Kier alpha value is -3.95. The van der Waals surface area contributed by atoms with Gasteiger partial charge in [0, 0.05) is 17.6 Å². The quantitative estimate of drug-likeness (QED) is 0.168. The number of esters is 1. The first-order valence-corrected chi connectivity index (χ1v) is 12.1. The van der Waals surface area contributed by atoms with E-state index in [1.54, 1.807) is 0 Å². The second kappa shape index (κ2) is 12.1. The zero-order valence-electron chi connectivity index (χ0n) is 21.0. The molecular weight excluding hydrogens is 536 g/mol. The van der Waals surface area contributed by atoms with Crippen LogP contribution in [0.15, 0.2) is 47.8 Å². The van der Waals surface area contributed by atoms with Crippen molar-refractivity contribution in [3.63, 3.8) is 0 Å². The average Bonchev–Trinajstić information content (AvgIpc) is 3.38. The second-order valence-electron chi connectivity index (χ2n) is 9.22. The minimum Gasteiger partial charge on any atom is -0.504 e. The number of carboxylic acid groups (broad SMARTS) is 2. The summed E-state index contributed by atoms with van der Waals surface area (Å²) < 4.78 is 26.8. The van der Waals surface area contributed by atoms with Crippen molar-refractivity contribution in [3.05, 3.63) is 53.3 Å². The molecule has 1 saturated heterocycles. The molecule has 0 aromatic heterocycles. The standard InChI is InChI=1S/C26H28O14/c1-36-16-8-11(2-6-15(16)28)3-7-18(29)39-22-17(9-27)38-26(21(31)20(22)30)40-25-19-12(4-5-13(19)23(32)33)14(10-37-25)24(34)35/h2-3,5-8,10,12,17,19-22,25-28,30-31H,4,9H2,1H3,(H,32,33)(H,34,35)/b7-3+/t12-,17-,19+,20-,21-,22-,25-,26+/m1/s1. The number of carbonyl (C=O) groups excluding carboxylic acids is 1.